The summed E-state index contributed by atoms with van der Waals surface area (Å²) in [6.45, 7) is 4.44. The summed E-state index contributed by atoms with van der Waals surface area (Å²) >= 11 is 0. The normalized spacial score (nSPS) is 17.0. The zero-order valence-electron chi connectivity index (χ0n) is 15.9. The van der Waals surface area contributed by atoms with E-state index in [0.717, 1.165) is 25.3 Å². The lowest BCUT2D eigenvalue weighted by Crippen LogP contribution is -2.53. The molecule has 0 spiro atoms. The molecule has 0 saturated carbocycles. The van der Waals surface area contributed by atoms with Gasteiger partial charge in [-0.2, -0.15) is 0 Å². The third kappa shape index (κ3) is 3.40. The van der Waals surface area contributed by atoms with E-state index in [4.69, 9.17) is 4.98 Å². The average Bonchev–Trinajstić information content (AvgIpc) is 2.71. The summed E-state index contributed by atoms with van der Waals surface area (Å²) in [5.41, 5.74) is 2.13. The van der Waals surface area contributed by atoms with E-state index in [1.54, 1.807) is 36.0 Å². The zero-order chi connectivity index (χ0) is 19.7. The zero-order valence-corrected chi connectivity index (χ0v) is 15.9. The first kappa shape index (κ1) is 18.0. The quantitative estimate of drug-likeness (QED) is 0.741. The first-order chi connectivity index (χ1) is 13.5. The highest BCUT2D eigenvalue weighted by Gasteiger charge is 2.27. The molecule has 0 radical (unpaired) electrons. The first-order valence-electron chi connectivity index (χ1n) is 9.18. The van der Waals surface area contributed by atoms with E-state index >= 15 is 0 Å². The molecule has 4 rings (SSSR count). The number of phenolic OH excluding ortho intramolecular Hbond substituents is 1. The second-order valence-corrected chi connectivity index (χ2v) is 6.94. The number of aromatic nitrogens is 4. The molecule has 0 bridgehead atoms. The van der Waals surface area contributed by atoms with Gasteiger partial charge in [0.25, 0.3) is 5.56 Å². The van der Waals surface area contributed by atoms with Gasteiger partial charge in [0.15, 0.2) is 0 Å². The number of hydrogen-bond acceptors (Lipinski definition) is 7. The Morgan fingerprint density at radius 3 is 2.57 bits per heavy atom. The van der Waals surface area contributed by atoms with Crippen molar-refractivity contribution in [3.8, 4) is 17.1 Å². The topological polar surface area (TPSA) is 87.4 Å². The molecule has 3 heterocycles. The van der Waals surface area contributed by atoms with Crippen LogP contribution < -0.4 is 15.4 Å². The van der Waals surface area contributed by atoms with Crippen LogP contribution in [0.3, 0.4) is 0 Å². The lowest BCUT2D eigenvalue weighted by molar-refractivity contribution is 0.475. The Morgan fingerprint density at radius 2 is 1.89 bits per heavy atom. The fourth-order valence-corrected chi connectivity index (χ4v) is 3.51. The van der Waals surface area contributed by atoms with Crippen LogP contribution in [-0.2, 0) is 7.05 Å². The van der Waals surface area contributed by atoms with Crippen LogP contribution in [0.25, 0.3) is 11.4 Å². The third-order valence-electron chi connectivity index (χ3n) is 5.05. The van der Waals surface area contributed by atoms with Gasteiger partial charge in [0.2, 0.25) is 5.95 Å². The predicted molar refractivity (Wildman–Crippen MR) is 108 cm³/mol. The molecule has 0 unspecified atom stereocenters. The number of aromatic hydroxyl groups is 1. The van der Waals surface area contributed by atoms with Crippen LogP contribution in [-0.4, -0.2) is 50.3 Å². The van der Waals surface area contributed by atoms with Crippen LogP contribution in [0.4, 0.5) is 11.6 Å². The number of phenols is 1. The molecule has 3 aromatic rings. The van der Waals surface area contributed by atoms with Gasteiger partial charge in [-0.25, -0.2) is 15.0 Å². The molecular weight excluding hydrogens is 356 g/mol. The number of rotatable bonds is 3. The van der Waals surface area contributed by atoms with E-state index in [0.29, 0.717) is 17.3 Å². The number of anilines is 2. The molecule has 1 atom stereocenters. The Balaban J connectivity index is 1.62. The van der Waals surface area contributed by atoms with Crippen LogP contribution >= 0.6 is 0 Å². The van der Waals surface area contributed by atoms with Crippen molar-refractivity contribution in [3.63, 3.8) is 0 Å². The van der Waals surface area contributed by atoms with Gasteiger partial charge in [0.1, 0.15) is 12.1 Å². The van der Waals surface area contributed by atoms with Crippen molar-refractivity contribution in [1.29, 1.82) is 0 Å². The van der Waals surface area contributed by atoms with E-state index in [2.05, 4.69) is 26.7 Å². The van der Waals surface area contributed by atoms with Crippen LogP contribution in [0.2, 0.25) is 0 Å². The van der Waals surface area contributed by atoms with Crippen LogP contribution in [0.1, 0.15) is 6.92 Å². The molecular formula is C20H22N6O2. The fraction of sp³-hybridized carbons (Fsp3) is 0.300. The molecule has 1 aliphatic rings. The molecule has 1 saturated heterocycles. The van der Waals surface area contributed by atoms with Crippen molar-refractivity contribution in [3.05, 3.63) is 59.3 Å². The number of piperazine rings is 1. The van der Waals surface area contributed by atoms with Crippen molar-refractivity contribution in [2.45, 2.75) is 13.0 Å². The number of hydrogen-bond donors (Lipinski definition) is 1. The van der Waals surface area contributed by atoms with Crippen molar-refractivity contribution in [1.82, 2.24) is 19.5 Å². The monoisotopic (exact) mass is 378 g/mol. The van der Waals surface area contributed by atoms with Crippen molar-refractivity contribution < 1.29 is 5.11 Å². The fourth-order valence-electron chi connectivity index (χ4n) is 3.51. The van der Waals surface area contributed by atoms with Crippen molar-refractivity contribution >= 4 is 11.6 Å². The third-order valence-corrected chi connectivity index (χ3v) is 5.05. The second kappa shape index (κ2) is 7.30. The predicted octanol–water partition coefficient (Wildman–Crippen LogP) is 1.66. The molecule has 144 valence electrons. The van der Waals surface area contributed by atoms with E-state index < -0.39 is 0 Å². The minimum absolute atomic E-state index is 0.119. The molecule has 1 fully saturated rings. The van der Waals surface area contributed by atoms with Gasteiger partial charge >= 0.3 is 0 Å². The Labute approximate surface area is 162 Å². The van der Waals surface area contributed by atoms with Crippen molar-refractivity contribution in [2.75, 3.05) is 29.4 Å². The van der Waals surface area contributed by atoms with Gasteiger partial charge < -0.3 is 14.9 Å². The Kier molecular flexibility index (Phi) is 4.68. The van der Waals surface area contributed by atoms with Crippen molar-refractivity contribution in [2.24, 2.45) is 7.05 Å². The average molecular weight is 378 g/mol. The van der Waals surface area contributed by atoms with Gasteiger partial charge in [-0.1, -0.05) is 0 Å². The second-order valence-electron chi connectivity index (χ2n) is 6.94. The molecule has 1 N–H and O–H groups in total. The molecule has 8 nitrogen and oxygen atoms in total. The van der Waals surface area contributed by atoms with Gasteiger partial charge in [-0.3, -0.25) is 9.36 Å². The van der Waals surface area contributed by atoms with Gasteiger partial charge in [-0.05, 0) is 37.3 Å². The highest BCUT2D eigenvalue weighted by Crippen LogP contribution is 2.25. The molecule has 8 heteroatoms. The molecule has 1 aromatic carbocycles. The molecule has 28 heavy (non-hydrogen) atoms. The maximum absolute atomic E-state index is 12.5. The van der Waals surface area contributed by atoms with Gasteiger partial charge in [0.05, 0.1) is 11.4 Å². The highest BCUT2D eigenvalue weighted by atomic mass is 16.3. The standard InChI is InChI=1S/C20H22N6O2/c1-14-12-25(15-3-5-16(27)6-4-15)9-10-26(14)20-23-18(11-19(28)24(20)2)17-7-8-21-13-22-17/h3-8,11,13-14,27H,9-10,12H2,1-2H3/t14-/m1/s1. The Morgan fingerprint density at radius 1 is 1.11 bits per heavy atom. The van der Waals surface area contributed by atoms with E-state index in [9.17, 15) is 9.90 Å². The maximum atomic E-state index is 12.5. The summed E-state index contributed by atoms with van der Waals surface area (Å²) in [5, 5.41) is 9.50. The summed E-state index contributed by atoms with van der Waals surface area (Å²) < 4.78 is 1.58. The Hall–Kier alpha value is -3.42. The number of nitrogens with zero attached hydrogens (tertiary/aromatic N) is 6. The number of benzene rings is 1. The largest absolute Gasteiger partial charge is 0.508 e. The lowest BCUT2D eigenvalue weighted by Gasteiger charge is -2.41. The van der Waals surface area contributed by atoms with Crippen LogP contribution in [0.5, 0.6) is 5.75 Å². The summed E-state index contributed by atoms with van der Waals surface area (Å²) in [6, 6.07) is 10.6. The summed E-state index contributed by atoms with van der Waals surface area (Å²) in [4.78, 5) is 29.8. The molecule has 1 aliphatic heterocycles. The smallest absolute Gasteiger partial charge is 0.255 e. The van der Waals surface area contributed by atoms with E-state index in [1.807, 2.05) is 12.1 Å². The molecule has 0 aliphatic carbocycles. The van der Waals surface area contributed by atoms with E-state index in [1.165, 1.54) is 12.4 Å². The first-order valence-corrected chi connectivity index (χ1v) is 9.18. The van der Waals surface area contributed by atoms with E-state index in [-0.39, 0.29) is 17.4 Å². The van der Waals surface area contributed by atoms with Gasteiger partial charge in [0, 0.05) is 50.7 Å². The molecule has 2 aromatic heterocycles. The minimum atomic E-state index is -0.119. The SMILES string of the molecule is C[C@@H]1CN(c2ccc(O)cc2)CCN1c1nc(-c2ccncn2)cc(=O)n1C. The maximum Gasteiger partial charge on any atom is 0.255 e. The highest BCUT2D eigenvalue weighted by molar-refractivity contribution is 5.56. The molecule has 0 amide bonds. The summed E-state index contributed by atoms with van der Waals surface area (Å²) in [6.07, 6.45) is 3.09. The van der Waals surface area contributed by atoms with Crippen LogP contribution in [0.15, 0.2) is 53.7 Å². The minimum Gasteiger partial charge on any atom is -0.508 e. The lowest BCUT2D eigenvalue weighted by atomic mass is 10.1. The summed E-state index contributed by atoms with van der Waals surface area (Å²) in [7, 11) is 1.74. The van der Waals surface area contributed by atoms with Gasteiger partial charge in [-0.15, -0.1) is 0 Å². The Bertz CT molecular complexity index is 1020. The summed E-state index contributed by atoms with van der Waals surface area (Å²) in [5.74, 6) is 0.898. The van der Waals surface area contributed by atoms with Crippen LogP contribution in [0, 0.1) is 0 Å².